The molecule has 0 bridgehead atoms. The highest BCUT2D eigenvalue weighted by Crippen LogP contribution is 2.33. The summed E-state index contributed by atoms with van der Waals surface area (Å²) in [7, 11) is 0. The first kappa shape index (κ1) is 21.3. The predicted octanol–water partition coefficient (Wildman–Crippen LogP) is 6.18. The van der Waals surface area contributed by atoms with Crippen LogP contribution in [0, 0.1) is 6.92 Å². The minimum absolute atomic E-state index is 0.247. The van der Waals surface area contributed by atoms with Gasteiger partial charge in [-0.15, -0.1) is 10.2 Å². The molecule has 3 aromatic carbocycles. The molecule has 0 aliphatic carbocycles. The molecule has 1 amide bonds. The summed E-state index contributed by atoms with van der Waals surface area (Å²) in [6.07, 6.45) is 1.65. The van der Waals surface area contributed by atoms with Crippen LogP contribution in [0.15, 0.2) is 83.8 Å². The quantitative estimate of drug-likeness (QED) is 0.343. The van der Waals surface area contributed by atoms with Gasteiger partial charge in [0.15, 0.2) is 0 Å². The number of anilines is 1. The molecule has 4 aromatic rings. The number of hydrogen-bond acceptors (Lipinski definition) is 5. The van der Waals surface area contributed by atoms with E-state index in [0.29, 0.717) is 40.1 Å². The summed E-state index contributed by atoms with van der Waals surface area (Å²) in [5, 5.41) is 11.9. The number of aryl methyl sites for hydroxylation is 1. The molecule has 0 radical (unpaired) electrons. The van der Waals surface area contributed by atoms with E-state index in [1.54, 1.807) is 60.7 Å². The van der Waals surface area contributed by atoms with Crippen LogP contribution in [-0.2, 0) is 0 Å². The van der Waals surface area contributed by atoms with Gasteiger partial charge in [-0.25, -0.2) is 0 Å². The van der Waals surface area contributed by atoms with Gasteiger partial charge in [0.25, 0.3) is 5.91 Å². The van der Waals surface area contributed by atoms with Crippen molar-refractivity contribution >= 4 is 23.2 Å². The van der Waals surface area contributed by atoms with Crippen LogP contribution < -0.4 is 10.1 Å². The maximum Gasteiger partial charge on any atom is 0.255 e. The molecular weight excluding hydrogens is 426 g/mol. The molecule has 32 heavy (non-hydrogen) atoms. The highest BCUT2D eigenvalue weighted by Gasteiger charge is 2.17. The number of nitrogens with zero attached hydrogens (tertiary/aromatic N) is 2. The van der Waals surface area contributed by atoms with E-state index in [0.717, 1.165) is 11.1 Å². The second-order valence-electron chi connectivity index (χ2n) is 7.05. The molecule has 0 unspecified atom stereocenters. The lowest BCUT2D eigenvalue weighted by molar-refractivity contribution is 0.102. The number of carbonyl (C=O) groups excluding carboxylic acids is 1. The van der Waals surface area contributed by atoms with Gasteiger partial charge in [0.05, 0.1) is 11.3 Å². The Kier molecular flexibility index (Phi) is 6.33. The molecule has 1 heterocycles. The van der Waals surface area contributed by atoms with Gasteiger partial charge in [-0.1, -0.05) is 42.0 Å². The zero-order valence-electron chi connectivity index (χ0n) is 17.3. The third kappa shape index (κ3) is 4.87. The summed E-state index contributed by atoms with van der Waals surface area (Å²) in [6, 6.07) is 19.7. The molecule has 6 nitrogen and oxygen atoms in total. The van der Waals surface area contributed by atoms with Crippen LogP contribution in [0.1, 0.15) is 15.9 Å². The lowest BCUT2D eigenvalue weighted by atomic mass is 10.1. The molecule has 0 aliphatic rings. The fraction of sp³-hybridized carbons (Fsp3) is 0.0800. The van der Waals surface area contributed by atoms with Crippen LogP contribution in [-0.4, -0.2) is 22.7 Å². The van der Waals surface area contributed by atoms with Crippen molar-refractivity contribution in [2.45, 2.75) is 6.92 Å². The fourth-order valence-electron chi connectivity index (χ4n) is 2.99. The average molecular weight is 446 g/mol. The van der Waals surface area contributed by atoms with Crippen molar-refractivity contribution in [2.24, 2.45) is 0 Å². The van der Waals surface area contributed by atoms with Crippen LogP contribution >= 0.6 is 11.6 Å². The van der Waals surface area contributed by atoms with E-state index in [1.165, 1.54) is 0 Å². The first-order valence-corrected chi connectivity index (χ1v) is 10.3. The second-order valence-corrected chi connectivity index (χ2v) is 7.48. The zero-order valence-corrected chi connectivity index (χ0v) is 18.1. The van der Waals surface area contributed by atoms with E-state index in [4.69, 9.17) is 20.8 Å². The largest absolute Gasteiger partial charge is 0.490 e. The molecule has 0 fully saturated rings. The van der Waals surface area contributed by atoms with Crippen molar-refractivity contribution in [1.29, 1.82) is 0 Å². The van der Waals surface area contributed by atoms with Gasteiger partial charge in [-0.2, -0.15) is 0 Å². The number of rotatable bonds is 7. The monoisotopic (exact) mass is 445 g/mol. The Morgan fingerprint density at radius 3 is 2.50 bits per heavy atom. The third-order valence-electron chi connectivity index (χ3n) is 4.67. The highest BCUT2D eigenvalue weighted by atomic mass is 35.5. The number of amides is 1. The summed E-state index contributed by atoms with van der Waals surface area (Å²) in [5.41, 5.74) is 3.41. The summed E-state index contributed by atoms with van der Waals surface area (Å²) >= 11 is 5.96. The van der Waals surface area contributed by atoms with Gasteiger partial charge >= 0.3 is 0 Å². The first-order valence-electron chi connectivity index (χ1n) is 9.89. The van der Waals surface area contributed by atoms with E-state index in [-0.39, 0.29) is 11.8 Å². The minimum atomic E-state index is -0.247. The highest BCUT2D eigenvalue weighted by molar-refractivity contribution is 6.30. The summed E-state index contributed by atoms with van der Waals surface area (Å²) in [4.78, 5) is 12.8. The lowest BCUT2D eigenvalue weighted by Gasteiger charge is -2.11. The normalized spacial score (nSPS) is 10.6. The predicted molar refractivity (Wildman–Crippen MR) is 125 cm³/mol. The van der Waals surface area contributed by atoms with Crippen LogP contribution in [0.5, 0.6) is 5.75 Å². The maximum atomic E-state index is 12.8. The van der Waals surface area contributed by atoms with Crippen molar-refractivity contribution in [2.75, 3.05) is 11.9 Å². The number of benzene rings is 3. The molecule has 0 atom stereocenters. The Balaban J connectivity index is 1.68. The number of hydrogen-bond donors (Lipinski definition) is 1. The number of halogens is 1. The van der Waals surface area contributed by atoms with Crippen molar-refractivity contribution in [3.05, 3.63) is 95.5 Å². The molecular formula is C25H20ClN3O3. The number of aromatic nitrogens is 2. The van der Waals surface area contributed by atoms with Crippen LogP contribution in [0.4, 0.5) is 5.69 Å². The van der Waals surface area contributed by atoms with E-state index < -0.39 is 0 Å². The molecule has 160 valence electrons. The molecule has 1 aromatic heterocycles. The van der Waals surface area contributed by atoms with Crippen molar-refractivity contribution < 1.29 is 13.9 Å². The first-order chi connectivity index (χ1) is 15.5. The van der Waals surface area contributed by atoms with Crippen LogP contribution in [0.3, 0.4) is 0 Å². The van der Waals surface area contributed by atoms with E-state index in [1.807, 2.05) is 19.1 Å². The minimum Gasteiger partial charge on any atom is -0.490 e. The van der Waals surface area contributed by atoms with Gasteiger partial charge in [0.1, 0.15) is 12.4 Å². The van der Waals surface area contributed by atoms with Gasteiger partial charge in [-0.3, -0.25) is 4.79 Å². The molecule has 0 aliphatic heterocycles. The second kappa shape index (κ2) is 9.49. The van der Waals surface area contributed by atoms with E-state index >= 15 is 0 Å². The van der Waals surface area contributed by atoms with Gasteiger partial charge < -0.3 is 14.5 Å². The molecule has 1 N–H and O–H groups in total. The van der Waals surface area contributed by atoms with E-state index in [9.17, 15) is 4.79 Å². The summed E-state index contributed by atoms with van der Waals surface area (Å²) in [5.74, 6) is 0.922. The van der Waals surface area contributed by atoms with Crippen molar-refractivity contribution in [3.63, 3.8) is 0 Å². The fourth-order valence-corrected chi connectivity index (χ4v) is 3.12. The van der Waals surface area contributed by atoms with Crippen LogP contribution in [0.25, 0.3) is 22.9 Å². The number of ether oxygens (including phenoxy) is 1. The summed E-state index contributed by atoms with van der Waals surface area (Å²) in [6.45, 7) is 5.97. The van der Waals surface area contributed by atoms with Crippen LogP contribution in [0.2, 0.25) is 5.02 Å². The Hall–Kier alpha value is -3.90. The topological polar surface area (TPSA) is 77.2 Å². The number of nitrogens with one attached hydrogen (secondary N) is 1. The molecule has 0 spiro atoms. The van der Waals surface area contributed by atoms with Crippen molar-refractivity contribution in [1.82, 2.24) is 10.2 Å². The van der Waals surface area contributed by atoms with Gasteiger partial charge in [0.2, 0.25) is 11.8 Å². The molecule has 0 saturated carbocycles. The third-order valence-corrected chi connectivity index (χ3v) is 4.92. The van der Waals surface area contributed by atoms with Gasteiger partial charge in [-0.05, 0) is 61.5 Å². The number of carbonyl (C=O) groups is 1. The van der Waals surface area contributed by atoms with Crippen molar-refractivity contribution in [3.8, 4) is 28.7 Å². The standard InChI is InChI=1S/C25H20ClN3O3/c1-3-14-31-20-12-13-22(27-23(30)17-6-4-16(2)5-7-17)21(15-20)25-29-28-24(32-25)18-8-10-19(26)11-9-18/h3-13,15H,1,14H2,2H3,(H,27,30). The van der Waals surface area contributed by atoms with E-state index in [2.05, 4.69) is 22.1 Å². The Morgan fingerprint density at radius 1 is 1.06 bits per heavy atom. The molecule has 7 heteroatoms. The van der Waals surface area contributed by atoms with Gasteiger partial charge in [0, 0.05) is 16.1 Å². The Bertz CT molecular complexity index is 1250. The lowest BCUT2D eigenvalue weighted by Crippen LogP contribution is -2.12. The summed E-state index contributed by atoms with van der Waals surface area (Å²) < 4.78 is 11.6. The Morgan fingerprint density at radius 2 is 1.78 bits per heavy atom. The SMILES string of the molecule is C=CCOc1ccc(NC(=O)c2ccc(C)cc2)c(-c2nnc(-c3ccc(Cl)cc3)o2)c1. The zero-order chi connectivity index (χ0) is 22.5. The molecule has 4 rings (SSSR count). The maximum absolute atomic E-state index is 12.8. The molecule has 0 saturated heterocycles. The average Bonchev–Trinajstić information content (AvgIpc) is 3.29. The smallest absolute Gasteiger partial charge is 0.255 e. The Labute approximate surface area is 190 Å².